The van der Waals surface area contributed by atoms with E-state index in [9.17, 15) is 9.18 Å². The van der Waals surface area contributed by atoms with Crippen LogP contribution in [0.2, 0.25) is 0 Å². The van der Waals surface area contributed by atoms with Gasteiger partial charge in [-0.1, -0.05) is 30.3 Å². The molecule has 3 aromatic rings. The van der Waals surface area contributed by atoms with Gasteiger partial charge in [0.1, 0.15) is 11.6 Å². The Kier molecular flexibility index (Phi) is 7.35. The van der Waals surface area contributed by atoms with Gasteiger partial charge in [-0.25, -0.2) is 4.39 Å². The number of piperidine rings is 1. The average molecular weight is 448 g/mol. The first-order chi connectivity index (χ1) is 16.0. The summed E-state index contributed by atoms with van der Waals surface area (Å²) in [4.78, 5) is 20.2. The normalized spacial score (nSPS) is 14.8. The van der Waals surface area contributed by atoms with Crippen LogP contribution in [0.1, 0.15) is 51.6 Å². The van der Waals surface area contributed by atoms with Crippen molar-refractivity contribution in [2.24, 2.45) is 0 Å². The molecule has 5 nitrogen and oxygen atoms in total. The lowest BCUT2D eigenvalue weighted by Crippen LogP contribution is -2.34. The number of hydrogen-bond acceptors (Lipinski definition) is 4. The number of carbonyl (C=O) groups excluding carboxylic acids is 1. The third-order valence-corrected chi connectivity index (χ3v) is 6.23. The molecule has 0 radical (unpaired) electrons. The number of hydrogen-bond donors (Lipinski definition) is 1. The van der Waals surface area contributed by atoms with E-state index < -0.39 is 0 Å². The molecule has 1 aliphatic heterocycles. The van der Waals surface area contributed by atoms with E-state index in [1.54, 1.807) is 7.11 Å². The number of methoxy groups -OCH3 is 1. The second-order valence-corrected chi connectivity index (χ2v) is 8.56. The molecule has 1 fully saturated rings. The summed E-state index contributed by atoms with van der Waals surface area (Å²) >= 11 is 0. The van der Waals surface area contributed by atoms with Crippen LogP contribution in [0.25, 0.3) is 0 Å². The fourth-order valence-corrected chi connectivity index (χ4v) is 4.41. The maximum Gasteiger partial charge on any atom is 0.253 e. The summed E-state index contributed by atoms with van der Waals surface area (Å²) in [5, 5.41) is 3.03. The van der Waals surface area contributed by atoms with Crippen LogP contribution in [0, 0.1) is 12.7 Å². The second-order valence-electron chi connectivity index (χ2n) is 8.56. The van der Waals surface area contributed by atoms with Crippen LogP contribution < -0.4 is 10.1 Å². The van der Waals surface area contributed by atoms with E-state index >= 15 is 0 Å². The number of aromatic nitrogens is 1. The van der Waals surface area contributed by atoms with Crippen LogP contribution in [0.4, 0.5) is 4.39 Å². The number of aryl methyl sites for hydroxylation is 1. The van der Waals surface area contributed by atoms with Crippen molar-refractivity contribution in [3.8, 4) is 5.75 Å². The molecule has 1 amide bonds. The zero-order valence-corrected chi connectivity index (χ0v) is 19.2. The van der Waals surface area contributed by atoms with Crippen molar-refractivity contribution in [2.75, 3.05) is 20.2 Å². The molecule has 172 valence electrons. The van der Waals surface area contributed by atoms with Crippen molar-refractivity contribution in [1.29, 1.82) is 0 Å². The molecule has 0 aliphatic carbocycles. The van der Waals surface area contributed by atoms with Gasteiger partial charge in [0.15, 0.2) is 0 Å². The van der Waals surface area contributed by atoms with Gasteiger partial charge < -0.3 is 10.1 Å². The standard InChI is InChI=1S/C27H30FN3O2/c1-19-7-12-24(27(32)29-17-22-5-3-4-6-25(22)33-2)26(30-19)21-13-15-31(16-14-21)18-20-8-10-23(28)11-9-20/h3-12,21H,13-18H2,1-2H3,(H,29,32). The number of benzene rings is 2. The topological polar surface area (TPSA) is 54.5 Å². The summed E-state index contributed by atoms with van der Waals surface area (Å²) in [7, 11) is 1.63. The highest BCUT2D eigenvalue weighted by Crippen LogP contribution is 2.30. The number of ether oxygens (including phenoxy) is 1. The van der Waals surface area contributed by atoms with Crippen LogP contribution in [-0.2, 0) is 13.1 Å². The molecule has 0 unspecified atom stereocenters. The molecule has 33 heavy (non-hydrogen) atoms. The van der Waals surface area contributed by atoms with Gasteiger partial charge in [0.05, 0.1) is 18.4 Å². The first-order valence-corrected chi connectivity index (χ1v) is 11.4. The first kappa shape index (κ1) is 22.9. The number of likely N-dealkylation sites (tertiary alicyclic amines) is 1. The highest BCUT2D eigenvalue weighted by Gasteiger charge is 2.26. The summed E-state index contributed by atoms with van der Waals surface area (Å²) in [6.45, 7) is 5.00. The second kappa shape index (κ2) is 10.6. The Bertz CT molecular complexity index is 1090. The third-order valence-electron chi connectivity index (χ3n) is 6.23. The van der Waals surface area contributed by atoms with E-state index in [1.807, 2.05) is 55.5 Å². The summed E-state index contributed by atoms with van der Waals surface area (Å²) in [6.07, 6.45) is 1.87. The Morgan fingerprint density at radius 3 is 2.55 bits per heavy atom. The highest BCUT2D eigenvalue weighted by atomic mass is 19.1. The lowest BCUT2D eigenvalue weighted by Gasteiger charge is -2.32. The van der Waals surface area contributed by atoms with E-state index in [-0.39, 0.29) is 17.6 Å². The smallest absolute Gasteiger partial charge is 0.253 e. The van der Waals surface area contributed by atoms with E-state index in [0.717, 1.165) is 60.7 Å². The molecule has 6 heteroatoms. The van der Waals surface area contributed by atoms with Crippen molar-refractivity contribution in [1.82, 2.24) is 15.2 Å². The Labute approximate surface area is 194 Å². The molecule has 1 N–H and O–H groups in total. The van der Waals surface area contributed by atoms with Gasteiger partial charge in [0, 0.05) is 30.3 Å². The monoisotopic (exact) mass is 447 g/mol. The zero-order chi connectivity index (χ0) is 23.2. The van der Waals surface area contributed by atoms with E-state index in [2.05, 4.69) is 10.2 Å². The van der Waals surface area contributed by atoms with Crippen molar-refractivity contribution in [3.63, 3.8) is 0 Å². The molecule has 2 heterocycles. The highest BCUT2D eigenvalue weighted by molar-refractivity contribution is 5.95. The Hall–Kier alpha value is -3.25. The van der Waals surface area contributed by atoms with Gasteiger partial charge in [-0.05, 0) is 68.8 Å². The minimum absolute atomic E-state index is 0.114. The van der Waals surface area contributed by atoms with Gasteiger partial charge in [-0.3, -0.25) is 14.7 Å². The predicted octanol–water partition coefficient (Wildman–Crippen LogP) is 4.85. The molecule has 4 rings (SSSR count). The number of carbonyl (C=O) groups is 1. The molecule has 2 aromatic carbocycles. The fourth-order valence-electron chi connectivity index (χ4n) is 4.41. The largest absolute Gasteiger partial charge is 0.496 e. The third kappa shape index (κ3) is 5.76. The van der Waals surface area contributed by atoms with Gasteiger partial charge in [0.25, 0.3) is 5.91 Å². The molecule has 0 saturated carbocycles. The number of amides is 1. The summed E-state index contributed by atoms with van der Waals surface area (Å²) in [5.41, 5.74) is 4.49. The average Bonchev–Trinajstić information content (AvgIpc) is 2.84. The number of pyridine rings is 1. The summed E-state index contributed by atoms with van der Waals surface area (Å²) < 4.78 is 18.6. The maximum absolute atomic E-state index is 13.2. The molecule has 1 aromatic heterocycles. The quantitative estimate of drug-likeness (QED) is 0.563. The van der Waals surface area contributed by atoms with E-state index in [1.165, 1.54) is 12.1 Å². The minimum atomic E-state index is -0.209. The van der Waals surface area contributed by atoms with Crippen LogP contribution in [0.15, 0.2) is 60.7 Å². The molecule has 0 spiro atoms. The minimum Gasteiger partial charge on any atom is -0.496 e. The molecule has 1 saturated heterocycles. The van der Waals surface area contributed by atoms with Crippen molar-refractivity contribution < 1.29 is 13.9 Å². The Morgan fingerprint density at radius 1 is 1.09 bits per heavy atom. The molecular weight excluding hydrogens is 417 g/mol. The van der Waals surface area contributed by atoms with E-state index in [0.29, 0.717) is 12.1 Å². The number of nitrogens with one attached hydrogen (secondary N) is 1. The van der Waals surface area contributed by atoms with Crippen molar-refractivity contribution in [2.45, 2.75) is 38.8 Å². The fraction of sp³-hybridized carbons (Fsp3) is 0.333. The SMILES string of the molecule is COc1ccccc1CNC(=O)c1ccc(C)nc1C1CCN(Cc2ccc(F)cc2)CC1. The number of para-hydroxylation sites is 1. The van der Waals surface area contributed by atoms with E-state index in [4.69, 9.17) is 9.72 Å². The zero-order valence-electron chi connectivity index (χ0n) is 19.2. The molecular formula is C27H30FN3O2. The van der Waals surface area contributed by atoms with Gasteiger partial charge in [0.2, 0.25) is 0 Å². The maximum atomic E-state index is 13.2. The first-order valence-electron chi connectivity index (χ1n) is 11.4. The van der Waals surface area contributed by atoms with Crippen LogP contribution in [-0.4, -0.2) is 36.0 Å². The van der Waals surface area contributed by atoms with Gasteiger partial charge >= 0.3 is 0 Å². The van der Waals surface area contributed by atoms with Crippen LogP contribution in [0.5, 0.6) is 5.75 Å². The number of halogens is 1. The summed E-state index contributed by atoms with van der Waals surface area (Å²) in [5.74, 6) is 0.673. The molecule has 0 bridgehead atoms. The lowest BCUT2D eigenvalue weighted by atomic mass is 9.89. The Morgan fingerprint density at radius 2 is 1.82 bits per heavy atom. The Balaban J connectivity index is 1.41. The van der Waals surface area contributed by atoms with Crippen LogP contribution in [0.3, 0.4) is 0 Å². The molecule has 1 aliphatic rings. The van der Waals surface area contributed by atoms with Crippen LogP contribution >= 0.6 is 0 Å². The van der Waals surface area contributed by atoms with Gasteiger partial charge in [-0.2, -0.15) is 0 Å². The van der Waals surface area contributed by atoms with Crippen molar-refractivity contribution in [3.05, 3.63) is 94.6 Å². The molecule has 0 atom stereocenters. The number of nitrogens with zero attached hydrogens (tertiary/aromatic N) is 2. The summed E-state index contributed by atoms with van der Waals surface area (Å²) in [6, 6.07) is 18.2. The van der Waals surface area contributed by atoms with Crippen molar-refractivity contribution >= 4 is 5.91 Å². The van der Waals surface area contributed by atoms with Gasteiger partial charge in [-0.15, -0.1) is 0 Å². The lowest BCUT2D eigenvalue weighted by molar-refractivity contribution is 0.0947. The predicted molar refractivity (Wildman–Crippen MR) is 127 cm³/mol. The number of rotatable bonds is 7.